The lowest BCUT2D eigenvalue weighted by Crippen LogP contribution is -2.39. The van der Waals surface area contributed by atoms with Crippen LogP contribution in [0.3, 0.4) is 0 Å². The van der Waals surface area contributed by atoms with Crippen LogP contribution in [0.25, 0.3) is 0 Å². The van der Waals surface area contributed by atoms with Gasteiger partial charge >= 0.3 is 0 Å². The fraction of sp³-hybridized carbons (Fsp3) is 0.636. The summed E-state index contributed by atoms with van der Waals surface area (Å²) >= 11 is 0. The van der Waals surface area contributed by atoms with E-state index in [2.05, 4.69) is 40.0 Å². The zero-order chi connectivity index (χ0) is 20.9. The van der Waals surface area contributed by atoms with Gasteiger partial charge in [0, 0.05) is 44.8 Å². The molecular formula is C22H36N4O3. The van der Waals surface area contributed by atoms with E-state index < -0.39 is 0 Å². The quantitative estimate of drug-likeness (QED) is 0.283. The second-order valence-corrected chi connectivity index (χ2v) is 7.28. The number of nitrogens with zero attached hydrogens (tertiary/aromatic N) is 1. The number of hydrogen-bond acceptors (Lipinski definition) is 4. The van der Waals surface area contributed by atoms with E-state index >= 15 is 0 Å². The predicted molar refractivity (Wildman–Crippen MR) is 116 cm³/mol. The molecule has 1 aromatic carbocycles. The number of hydrogen-bond donors (Lipinski definition) is 3. The number of ether oxygens (including phenoxy) is 2. The van der Waals surface area contributed by atoms with Gasteiger partial charge in [-0.05, 0) is 44.7 Å². The van der Waals surface area contributed by atoms with E-state index in [0.29, 0.717) is 32.9 Å². The highest BCUT2D eigenvalue weighted by Gasteiger charge is 2.24. The number of amides is 1. The molecule has 162 valence electrons. The molecule has 0 saturated heterocycles. The van der Waals surface area contributed by atoms with Gasteiger partial charge in [0.25, 0.3) is 0 Å². The summed E-state index contributed by atoms with van der Waals surface area (Å²) in [7, 11) is 1.75. The van der Waals surface area contributed by atoms with Crippen LogP contribution in [0, 0.1) is 12.8 Å². The Morgan fingerprint density at radius 1 is 1.17 bits per heavy atom. The van der Waals surface area contributed by atoms with Crippen molar-refractivity contribution in [1.29, 1.82) is 0 Å². The predicted octanol–water partition coefficient (Wildman–Crippen LogP) is 2.38. The Bertz CT molecular complexity index is 659. The van der Waals surface area contributed by atoms with Gasteiger partial charge in [0.2, 0.25) is 5.91 Å². The average molecular weight is 405 g/mol. The Morgan fingerprint density at radius 2 is 1.97 bits per heavy atom. The minimum absolute atomic E-state index is 0.204. The first-order chi connectivity index (χ1) is 14.1. The maximum atomic E-state index is 11.8. The standard InChI is InChI=1S/C22H36N4O3/c1-4-28-13-14-29-20-15-17(2)9-10-19(20)16-26-22(23-3)25-12-6-11-24-21(27)18-7-5-8-18/h9-10,15,18H,4-8,11-14,16H2,1-3H3,(H,24,27)(H2,23,25,26). The van der Waals surface area contributed by atoms with E-state index in [1.165, 1.54) is 6.42 Å². The molecule has 0 heterocycles. The average Bonchev–Trinajstić information content (AvgIpc) is 2.67. The maximum absolute atomic E-state index is 11.8. The second kappa shape index (κ2) is 13.0. The van der Waals surface area contributed by atoms with Gasteiger partial charge in [-0.1, -0.05) is 18.6 Å². The van der Waals surface area contributed by atoms with E-state index in [9.17, 15) is 4.79 Å². The Labute approximate surface area is 174 Å². The molecule has 29 heavy (non-hydrogen) atoms. The minimum atomic E-state index is 0.204. The van der Waals surface area contributed by atoms with Gasteiger partial charge in [0.15, 0.2) is 5.96 Å². The zero-order valence-electron chi connectivity index (χ0n) is 18.1. The maximum Gasteiger partial charge on any atom is 0.223 e. The number of benzene rings is 1. The van der Waals surface area contributed by atoms with E-state index in [-0.39, 0.29) is 11.8 Å². The molecule has 0 unspecified atom stereocenters. The number of rotatable bonds is 12. The number of aliphatic imine (C=N–C) groups is 1. The van der Waals surface area contributed by atoms with Gasteiger partial charge in [0.1, 0.15) is 12.4 Å². The molecular weight excluding hydrogens is 368 g/mol. The van der Waals surface area contributed by atoms with Crippen LogP contribution in [0.2, 0.25) is 0 Å². The lowest BCUT2D eigenvalue weighted by molar-refractivity contribution is -0.127. The monoisotopic (exact) mass is 404 g/mol. The molecule has 1 fully saturated rings. The lowest BCUT2D eigenvalue weighted by Gasteiger charge is -2.24. The first-order valence-corrected chi connectivity index (χ1v) is 10.7. The van der Waals surface area contributed by atoms with Crippen molar-refractivity contribution < 1.29 is 14.3 Å². The smallest absolute Gasteiger partial charge is 0.223 e. The molecule has 7 heteroatoms. The molecule has 1 aliphatic rings. The summed E-state index contributed by atoms with van der Waals surface area (Å²) in [4.78, 5) is 16.1. The van der Waals surface area contributed by atoms with Gasteiger partial charge in [-0.15, -0.1) is 0 Å². The number of carbonyl (C=O) groups is 1. The number of carbonyl (C=O) groups excluding carboxylic acids is 1. The SMILES string of the molecule is CCOCCOc1cc(C)ccc1CNC(=NC)NCCCNC(=O)C1CCC1. The summed E-state index contributed by atoms with van der Waals surface area (Å²) in [6.07, 6.45) is 4.12. The molecule has 3 N–H and O–H groups in total. The Morgan fingerprint density at radius 3 is 2.66 bits per heavy atom. The van der Waals surface area contributed by atoms with Crippen molar-refractivity contribution in [3.05, 3.63) is 29.3 Å². The van der Waals surface area contributed by atoms with Crippen molar-refractivity contribution in [1.82, 2.24) is 16.0 Å². The largest absolute Gasteiger partial charge is 0.491 e. The minimum Gasteiger partial charge on any atom is -0.491 e. The summed E-state index contributed by atoms with van der Waals surface area (Å²) in [5.74, 6) is 2.05. The second-order valence-electron chi connectivity index (χ2n) is 7.28. The third-order valence-electron chi connectivity index (χ3n) is 5.00. The molecule has 2 rings (SSSR count). The summed E-state index contributed by atoms with van der Waals surface area (Å²) in [5.41, 5.74) is 2.23. The summed E-state index contributed by atoms with van der Waals surface area (Å²) in [6.45, 7) is 7.88. The summed E-state index contributed by atoms with van der Waals surface area (Å²) < 4.78 is 11.2. The van der Waals surface area contributed by atoms with Crippen molar-refractivity contribution in [2.45, 2.75) is 46.1 Å². The molecule has 0 radical (unpaired) electrons. The number of guanidine groups is 1. The van der Waals surface area contributed by atoms with E-state index in [0.717, 1.165) is 48.6 Å². The van der Waals surface area contributed by atoms with Crippen LogP contribution in [-0.2, 0) is 16.1 Å². The van der Waals surface area contributed by atoms with Crippen LogP contribution < -0.4 is 20.7 Å². The van der Waals surface area contributed by atoms with Gasteiger partial charge in [-0.25, -0.2) is 0 Å². The van der Waals surface area contributed by atoms with Gasteiger partial charge in [-0.3, -0.25) is 9.79 Å². The van der Waals surface area contributed by atoms with Crippen LogP contribution in [0.1, 0.15) is 43.7 Å². The number of nitrogens with one attached hydrogen (secondary N) is 3. The van der Waals surface area contributed by atoms with Crippen LogP contribution in [0.5, 0.6) is 5.75 Å². The fourth-order valence-electron chi connectivity index (χ4n) is 3.02. The Hall–Kier alpha value is -2.28. The van der Waals surface area contributed by atoms with Gasteiger partial charge in [-0.2, -0.15) is 0 Å². The highest BCUT2D eigenvalue weighted by Crippen LogP contribution is 2.26. The fourth-order valence-corrected chi connectivity index (χ4v) is 3.02. The first-order valence-electron chi connectivity index (χ1n) is 10.7. The lowest BCUT2D eigenvalue weighted by atomic mass is 9.85. The van der Waals surface area contributed by atoms with Crippen molar-refractivity contribution in [3.63, 3.8) is 0 Å². The summed E-state index contributed by atoms with van der Waals surface area (Å²) in [6, 6.07) is 6.19. The third kappa shape index (κ3) is 8.31. The van der Waals surface area contributed by atoms with Gasteiger partial charge < -0.3 is 25.4 Å². The molecule has 0 bridgehead atoms. The topological polar surface area (TPSA) is 84.0 Å². The summed E-state index contributed by atoms with van der Waals surface area (Å²) in [5, 5.41) is 9.62. The molecule has 0 spiro atoms. The molecule has 0 aliphatic heterocycles. The third-order valence-corrected chi connectivity index (χ3v) is 5.00. The molecule has 7 nitrogen and oxygen atoms in total. The molecule has 0 aromatic heterocycles. The molecule has 1 aromatic rings. The van der Waals surface area contributed by atoms with Crippen molar-refractivity contribution in [3.8, 4) is 5.75 Å². The van der Waals surface area contributed by atoms with Crippen LogP contribution in [0.15, 0.2) is 23.2 Å². The normalized spacial score (nSPS) is 14.2. The van der Waals surface area contributed by atoms with Crippen LogP contribution in [0.4, 0.5) is 0 Å². The molecule has 0 atom stereocenters. The first kappa shape index (κ1) is 23.0. The number of aryl methyl sites for hydroxylation is 1. The van der Waals surface area contributed by atoms with E-state index in [1.54, 1.807) is 7.05 Å². The zero-order valence-corrected chi connectivity index (χ0v) is 18.1. The Kier molecular flexibility index (Phi) is 10.3. The van der Waals surface area contributed by atoms with Crippen LogP contribution >= 0.6 is 0 Å². The van der Waals surface area contributed by atoms with Gasteiger partial charge in [0.05, 0.1) is 6.61 Å². The molecule has 1 saturated carbocycles. The van der Waals surface area contributed by atoms with E-state index in [1.807, 2.05) is 13.0 Å². The van der Waals surface area contributed by atoms with Crippen molar-refractivity contribution >= 4 is 11.9 Å². The van der Waals surface area contributed by atoms with Crippen LogP contribution in [-0.4, -0.2) is 51.8 Å². The van der Waals surface area contributed by atoms with E-state index in [4.69, 9.17) is 9.47 Å². The van der Waals surface area contributed by atoms with Crippen molar-refractivity contribution in [2.24, 2.45) is 10.9 Å². The Balaban J connectivity index is 1.70. The molecule has 1 amide bonds. The highest BCUT2D eigenvalue weighted by atomic mass is 16.5. The highest BCUT2D eigenvalue weighted by molar-refractivity contribution is 5.80. The van der Waals surface area contributed by atoms with Crippen molar-refractivity contribution in [2.75, 3.05) is 40.0 Å². The molecule has 1 aliphatic carbocycles.